The van der Waals surface area contributed by atoms with Crippen LogP contribution in [0.15, 0.2) is 24.3 Å². The normalized spacial score (nSPS) is 17.1. The minimum absolute atomic E-state index is 0.0400. The summed E-state index contributed by atoms with van der Waals surface area (Å²) in [7, 11) is 0. The lowest BCUT2D eigenvalue weighted by Crippen LogP contribution is -2.43. The molecule has 1 aromatic rings. The van der Waals surface area contributed by atoms with Crippen molar-refractivity contribution in [3.8, 4) is 5.75 Å². The Morgan fingerprint density at radius 3 is 2.82 bits per heavy atom. The molecule has 156 valence electrons. The third-order valence-electron chi connectivity index (χ3n) is 4.44. The Hall–Kier alpha value is -1.95. The molecular weight excluding hydrogens is 380 g/mol. The summed E-state index contributed by atoms with van der Waals surface area (Å²) in [4.78, 5) is 26.0. The quantitative estimate of drug-likeness (QED) is 0.729. The summed E-state index contributed by atoms with van der Waals surface area (Å²) >= 11 is 5.90. The molecule has 2 amide bonds. The number of piperidine rings is 1. The van der Waals surface area contributed by atoms with Gasteiger partial charge in [0.05, 0.1) is 13.0 Å². The number of halogens is 1. The smallest absolute Gasteiger partial charge is 0.410 e. The molecule has 1 aliphatic rings. The van der Waals surface area contributed by atoms with Crippen molar-refractivity contribution in [1.82, 2.24) is 10.2 Å². The fourth-order valence-electron chi connectivity index (χ4n) is 3.12. The van der Waals surface area contributed by atoms with Crippen molar-refractivity contribution in [1.29, 1.82) is 0 Å². The Bertz CT molecular complexity index is 660. The molecule has 1 unspecified atom stereocenters. The molecule has 1 saturated heterocycles. The second-order valence-corrected chi connectivity index (χ2v) is 8.57. The van der Waals surface area contributed by atoms with Gasteiger partial charge in [-0.2, -0.15) is 0 Å². The Morgan fingerprint density at radius 2 is 2.11 bits per heavy atom. The molecule has 0 radical (unpaired) electrons. The van der Waals surface area contributed by atoms with Gasteiger partial charge in [0, 0.05) is 24.7 Å². The molecule has 0 aromatic heterocycles. The lowest BCUT2D eigenvalue weighted by molar-refractivity contribution is -0.121. The molecule has 1 atom stereocenters. The van der Waals surface area contributed by atoms with Crippen molar-refractivity contribution in [3.63, 3.8) is 0 Å². The van der Waals surface area contributed by atoms with E-state index in [4.69, 9.17) is 21.1 Å². The SMILES string of the molecule is CC(C)(C)OC(=O)N1CCCC(CCNC(=O)CCOc2cccc(Cl)c2)C1. The lowest BCUT2D eigenvalue weighted by atomic mass is 9.95. The lowest BCUT2D eigenvalue weighted by Gasteiger charge is -2.34. The van der Waals surface area contributed by atoms with Crippen LogP contribution in [0, 0.1) is 5.92 Å². The molecule has 0 aliphatic carbocycles. The van der Waals surface area contributed by atoms with Crippen LogP contribution in [0.3, 0.4) is 0 Å². The van der Waals surface area contributed by atoms with E-state index < -0.39 is 5.60 Å². The molecule has 0 bridgehead atoms. The highest BCUT2D eigenvalue weighted by atomic mass is 35.5. The first-order chi connectivity index (χ1) is 13.2. The van der Waals surface area contributed by atoms with Crippen LogP contribution >= 0.6 is 11.6 Å². The maximum Gasteiger partial charge on any atom is 0.410 e. The van der Waals surface area contributed by atoms with Gasteiger partial charge in [-0.05, 0) is 64.2 Å². The number of ether oxygens (including phenoxy) is 2. The van der Waals surface area contributed by atoms with Gasteiger partial charge in [-0.15, -0.1) is 0 Å². The minimum Gasteiger partial charge on any atom is -0.493 e. The number of benzene rings is 1. The van der Waals surface area contributed by atoms with Crippen LogP contribution in [0.5, 0.6) is 5.75 Å². The van der Waals surface area contributed by atoms with E-state index in [1.807, 2.05) is 32.9 Å². The average Bonchev–Trinajstić information content (AvgIpc) is 2.61. The predicted octanol–water partition coefficient (Wildman–Crippen LogP) is 4.26. The highest BCUT2D eigenvalue weighted by Gasteiger charge is 2.27. The predicted molar refractivity (Wildman–Crippen MR) is 110 cm³/mol. The summed E-state index contributed by atoms with van der Waals surface area (Å²) in [5.41, 5.74) is -0.481. The van der Waals surface area contributed by atoms with Crippen LogP contribution in [0.4, 0.5) is 4.79 Å². The molecule has 0 saturated carbocycles. The largest absolute Gasteiger partial charge is 0.493 e. The molecule has 0 spiro atoms. The number of nitrogens with one attached hydrogen (secondary N) is 1. The fourth-order valence-corrected chi connectivity index (χ4v) is 3.30. The van der Waals surface area contributed by atoms with Crippen molar-refractivity contribution in [3.05, 3.63) is 29.3 Å². The van der Waals surface area contributed by atoms with Crippen molar-refractivity contribution in [2.75, 3.05) is 26.2 Å². The van der Waals surface area contributed by atoms with Gasteiger partial charge in [0.25, 0.3) is 0 Å². The van der Waals surface area contributed by atoms with Gasteiger partial charge in [0.1, 0.15) is 11.4 Å². The van der Waals surface area contributed by atoms with Crippen LogP contribution in [0.1, 0.15) is 46.5 Å². The van der Waals surface area contributed by atoms with Crippen LogP contribution in [-0.2, 0) is 9.53 Å². The van der Waals surface area contributed by atoms with Crippen LogP contribution < -0.4 is 10.1 Å². The summed E-state index contributed by atoms with van der Waals surface area (Å²) in [6, 6.07) is 7.11. The molecule has 2 rings (SSSR count). The van der Waals surface area contributed by atoms with E-state index in [0.29, 0.717) is 42.8 Å². The highest BCUT2D eigenvalue weighted by Crippen LogP contribution is 2.21. The number of likely N-dealkylation sites (tertiary alicyclic amines) is 1. The van der Waals surface area contributed by atoms with Gasteiger partial charge in [-0.1, -0.05) is 17.7 Å². The second kappa shape index (κ2) is 10.6. The average molecular weight is 411 g/mol. The van der Waals surface area contributed by atoms with E-state index in [0.717, 1.165) is 25.8 Å². The van der Waals surface area contributed by atoms with E-state index in [2.05, 4.69) is 5.32 Å². The maximum absolute atomic E-state index is 12.2. The first-order valence-corrected chi connectivity index (χ1v) is 10.2. The van der Waals surface area contributed by atoms with E-state index in [1.165, 1.54) is 0 Å². The van der Waals surface area contributed by atoms with E-state index in [-0.39, 0.29) is 12.0 Å². The van der Waals surface area contributed by atoms with Crippen LogP contribution in [0.25, 0.3) is 0 Å². The number of hydrogen-bond acceptors (Lipinski definition) is 4. The summed E-state index contributed by atoms with van der Waals surface area (Å²) < 4.78 is 11.0. The molecule has 1 heterocycles. The number of hydrogen-bond donors (Lipinski definition) is 1. The van der Waals surface area contributed by atoms with Gasteiger partial charge >= 0.3 is 6.09 Å². The fraction of sp³-hybridized carbons (Fsp3) is 0.619. The van der Waals surface area contributed by atoms with Gasteiger partial charge in [0.15, 0.2) is 0 Å². The molecule has 28 heavy (non-hydrogen) atoms. The number of rotatable bonds is 7. The molecular formula is C21H31ClN2O4. The van der Waals surface area contributed by atoms with E-state index in [1.54, 1.807) is 17.0 Å². The summed E-state index contributed by atoms with van der Waals surface area (Å²) in [5, 5.41) is 3.54. The maximum atomic E-state index is 12.2. The number of carbonyl (C=O) groups excluding carboxylic acids is 2. The van der Waals surface area contributed by atoms with Gasteiger partial charge < -0.3 is 19.7 Å². The Balaban J connectivity index is 1.62. The van der Waals surface area contributed by atoms with Gasteiger partial charge in [-0.3, -0.25) is 4.79 Å². The minimum atomic E-state index is -0.481. The third-order valence-corrected chi connectivity index (χ3v) is 4.67. The van der Waals surface area contributed by atoms with Crippen molar-refractivity contribution in [2.45, 2.75) is 52.1 Å². The molecule has 1 aromatic carbocycles. The number of nitrogens with zero attached hydrogens (tertiary/aromatic N) is 1. The number of carbonyl (C=O) groups is 2. The standard InChI is InChI=1S/C21H31ClN2O4/c1-21(2,3)28-20(26)24-12-5-6-16(15-24)9-11-23-19(25)10-13-27-18-8-4-7-17(22)14-18/h4,7-8,14,16H,5-6,9-13,15H2,1-3H3,(H,23,25). The third kappa shape index (κ3) is 8.38. The zero-order chi connectivity index (χ0) is 20.6. The first kappa shape index (κ1) is 22.3. The van der Waals surface area contributed by atoms with E-state index >= 15 is 0 Å². The Labute approximate surface area is 172 Å². The topological polar surface area (TPSA) is 67.9 Å². The number of amides is 2. The van der Waals surface area contributed by atoms with Gasteiger partial charge in [0.2, 0.25) is 5.91 Å². The van der Waals surface area contributed by atoms with Crippen molar-refractivity contribution in [2.24, 2.45) is 5.92 Å². The summed E-state index contributed by atoms with van der Waals surface area (Å²) in [6.45, 7) is 7.94. The monoisotopic (exact) mass is 410 g/mol. The van der Waals surface area contributed by atoms with Crippen molar-refractivity contribution >= 4 is 23.6 Å². The highest BCUT2D eigenvalue weighted by molar-refractivity contribution is 6.30. The van der Waals surface area contributed by atoms with Crippen LogP contribution in [-0.4, -0.2) is 48.7 Å². The van der Waals surface area contributed by atoms with Crippen molar-refractivity contribution < 1.29 is 19.1 Å². The Kier molecular flexibility index (Phi) is 8.42. The van der Waals surface area contributed by atoms with Crippen LogP contribution in [0.2, 0.25) is 5.02 Å². The summed E-state index contributed by atoms with van der Waals surface area (Å²) in [6.07, 6.45) is 2.92. The second-order valence-electron chi connectivity index (χ2n) is 8.13. The Morgan fingerprint density at radius 1 is 1.32 bits per heavy atom. The summed E-state index contributed by atoms with van der Waals surface area (Å²) in [5.74, 6) is 0.996. The molecule has 1 fully saturated rings. The zero-order valence-electron chi connectivity index (χ0n) is 17.0. The first-order valence-electron chi connectivity index (χ1n) is 9.86. The van der Waals surface area contributed by atoms with E-state index in [9.17, 15) is 9.59 Å². The molecule has 6 nitrogen and oxygen atoms in total. The van der Waals surface area contributed by atoms with Gasteiger partial charge in [-0.25, -0.2) is 4.79 Å². The zero-order valence-corrected chi connectivity index (χ0v) is 17.8. The molecule has 1 aliphatic heterocycles. The molecule has 1 N–H and O–H groups in total. The molecule has 7 heteroatoms.